The predicted molar refractivity (Wildman–Crippen MR) is 50.9 cm³/mol. The van der Waals surface area contributed by atoms with E-state index >= 15 is 0 Å². The van der Waals surface area contributed by atoms with Crippen molar-refractivity contribution in [2.24, 2.45) is 0 Å². The minimum atomic E-state index is -0.248. The summed E-state index contributed by atoms with van der Waals surface area (Å²) in [5.74, 6) is -0.433. The van der Waals surface area contributed by atoms with Gasteiger partial charge in [-0.05, 0) is 18.6 Å². The van der Waals surface area contributed by atoms with Crippen LogP contribution < -0.4 is 0 Å². The third-order valence-electron chi connectivity index (χ3n) is 1.29. The molecule has 3 heteroatoms. The molecule has 0 saturated carbocycles. The van der Waals surface area contributed by atoms with Crippen molar-refractivity contribution < 1.29 is 10.2 Å². The van der Waals surface area contributed by atoms with Gasteiger partial charge in [0.05, 0.1) is 5.02 Å². The van der Waals surface area contributed by atoms with Crippen molar-refractivity contribution in [3.8, 4) is 11.5 Å². The van der Waals surface area contributed by atoms with E-state index in [-0.39, 0.29) is 16.5 Å². The fraction of sp³-hybridized carbons (Fsp3) is 0.333. The van der Waals surface area contributed by atoms with Gasteiger partial charge < -0.3 is 10.2 Å². The number of hydrogen-bond donors (Lipinski definition) is 2. The van der Waals surface area contributed by atoms with E-state index in [4.69, 9.17) is 21.8 Å². The minimum Gasteiger partial charge on any atom is -0.504 e. The molecule has 0 spiro atoms. The molecule has 0 aromatic heterocycles. The highest BCUT2D eigenvalue weighted by molar-refractivity contribution is 6.33. The van der Waals surface area contributed by atoms with Crippen LogP contribution >= 0.6 is 11.6 Å². The van der Waals surface area contributed by atoms with Gasteiger partial charge in [0.2, 0.25) is 0 Å². The molecule has 0 atom stereocenters. The summed E-state index contributed by atoms with van der Waals surface area (Å²) in [5, 5.41) is 18.1. The molecule has 0 bridgehead atoms. The van der Waals surface area contributed by atoms with Crippen molar-refractivity contribution >= 4 is 11.6 Å². The molecule has 0 aliphatic heterocycles. The number of aromatic hydroxyl groups is 2. The Balaban J connectivity index is 0.000000561. The Morgan fingerprint density at radius 1 is 1.17 bits per heavy atom. The number of phenolic OH excluding ortho intramolecular Hbond substituents is 2. The lowest BCUT2D eigenvalue weighted by Crippen LogP contribution is -1.75. The summed E-state index contributed by atoms with van der Waals surface area (Å²) in [6.45, 7) is 5.75. The zero-order chi connectivity index (χ0) is 9.72. The highest BCUT2D eigenvalue weighted by Crippen LogP contribution is 2.34. The number of benzene rings is 1. The number of phenols is 2. The Morgan fingerprint density at radius 3 is 2.08 bits per heavy atom. The van der Waals surface area contributed by atoms with Crippen LogP contribution in [0.3, 0.4) is 0 Å². The van der Waals surface area contributed by atoms with Gasteiger partial charge in [0, 0.05) is 0 Å². The van der Waals surface area contributed by atoms with Gasteiger partial charge in [-0.3, -0.25) is 0 Å². The van der Waals surface area contributed by atoms with E-state index in [9.17, 15) is 0 Å². The van der Waals surface area contributed by atoms with Crippen LogP contribution in [0.5, 0.6) is 11.5 Å². The first kappa shape index (κ1) is 11.1. The molecular formula is C9H13ClO2. The van der Waals surface area contributed by atoms with Crippen molar-refractivity contribution in [3.63, 3.8) is 0 Å². The maximum Gasteiger partial charge on any atom is 0.176 e. The number of halogens is 1. The quantitative estimate of drug-likeness (QED) is 0.615. The molecule has 0 unspecified atom stereocenters. The Bertz CT molecular complexity index is 232. The molecule has 1 aromatic carbocycles. The van der Waals surface area contributed by atoms with Crippen LogP contribution in [-0.2, 0) is 0 Å². The first-order chi connectivity index (χ1) is 5.63. The Kier molecular flexibility index (Phi) is 4.52. The van der Waals surface area contributed by atoms with Crippen LogP contribution in [0.2, 0.25) is 5.02 Å². The Labute approximate surface area is 77.4 Å². The zero-order valence-electron chi connectivity index (χ0n) is 7.43. The van der Waals surface area contributed by atoms with E-state index in [1.165, 1.54) is 6.07 Å². The molecule has 12 heavy (non-hydrogen) atoms. The van der Waals surface area contributed by atoms with Crippen molar-refractivity contribution in [2.75, 3.05) is 0 Å². The lowest BCUT2D eigenvalue weighted by atomic mass is 10.2. The summed E-state index contributed by atoms with van der Waals surface area (Å²) in [5.41, 5.74) is 0.747. The monoisotopic (exact) mass is 188 g/mol. The van der Waals surface area contributed by atoms with E-state index in [1.807, 2.05) is 13.8 Å². The van der Waals surface area contributed by atoms with Crippen LogP contribution in [0.4, 0.5) is 0 Å². The predicted octanol–water partition coefficient (Wildman–Crippen LogP) is 3.09. The van der Waals surface area contributed by atoms with Gasteiger partial charge >= 0.3 is 0 Å². The molecule has 0 heterocycles. The SMILES string of the molecule is CC.Cc1ccc(O)c(O)c1Cl. The van der Waals surface area contributed by atoms with Crippen LogP contribution in [0.1, 0.15) is 19.4 Å². The van der Waals surface area contributed by atoms with Crippen molar-refractivity contribution in [1.82, 2.24) is 0 Å². The number of hydrogen-bond acceptors (Lipinski definition) is 2. The van der Waals surface area contributed by atoms with E-state index in [0.717, 1.165) is 5.56 Å². The fourth-order valence-corrected chi connectivity index (χ4v) is 0.815. The highest BCUT2D eigenvalue weighted by atomic mass is 35.5. The molecule has 0 radical (unpaired) electrons. The third kappa shape index (κ3) is 2.31. The van der Waals surface area contributed by atoms with Gasteiger partial charge in [-0.1, -0.05) is 31.5 Å². The molecule has 68 valence electrons. The lowest BCUT2D eigenvalue weighted by molar-refractivity contribution is 0.403. The molecule has 0 amide bonds. The average Bonchev–Trinajstić information content (AvgIpc) is 2.12. The highest BCUT2D eigenvalue weighted by Gasteiger charge is 2.05. The largest absolute Gasteiger partial charge is 0.504 e. The summed E-state index contributed by atoms with van der Waals surface area (Å²) in [6, 6.07) is 3.04. The molecule has 0 saturated heterocycles. The Hall–Kier alpha value is -0.890. The molecule has 1 rings (SSSR count). The first-order valence-corrected chi connectivity index (χ1v) is 4.17. The molecule has 0 fully saturated rings. The maximum atomic E-state index is 9.01. The van der Waals surface area contributed by atoms with Gasteiger partial charge in [-0.15, -0.1) is 0 Å². The number of aryl methyl sites for hydroxylation is 1. The Morgan fingerprint density at radius 2 is 1.67 bits per heavy atom. The molecule has 2 nitrogen and oxygen atoms in total. The van der Waals surface area contributed by atoms with Crippen molar-refractivity contribution in [1.29, 1.82) is 0 Å². The van der Waals surface area contributed by atoms with Gasteiger partial charge in [-0.25, -0.2) is 0 Å². The summed E-state index contributed by atoms with van der Waals surface area (Å²) < 4.78 is 0. The fourth-order valence-electron chi connectivity index (χ4n) is 0.655. The van der Waals surface area contributed by atoms with Gasteiger partial charge in [0.1, 0.15) is 0 Å². The molecular weight excluding hydrogens is 176 g/mol. The topological polar surface area (TPSA) is 40.5 Å². The normalized spacial score (nSPS) is 8.67. The summed E-state index contributed by atoms with van der Waals surface area (Å²) in [4.78, 5) is 0. The van der Waals surface area contributed by atoms with Gasteiger partial charge in [-0.2, -0.15) is 0 Å². The van der Waals surface area contributed by atoms with E-state index in [1.54, 1.807) is 13.0 Å². The van der Waals surface area contributed by atoms with Crippen LogP contribution in [-0.4, -0.2) is 10.2 Å². The lowest BCUT2D eigenvalue weighted by Gasteiger charge is -2.01. The van der Waals surface area contributed by atoms with E-state index < -0.39 is 0 Å². The summed E-state index contributed by atoms with van der Waals surface area (Å²) in [7, 11) is 0. The standard InChI is InChI=1S/C7H7ClO2.C2H6/c1-4-2-3-5(9)7(10)6(4)8;1-2/h2-3,9-10H,1H3;1-2H3. The second-order valence-corrected chi connectivity index (χ2v) is 2.44. The van der Waals surface area contributed by atoms with Crippen LogP contribution in [0, 0.1) is 6.92 Å². The second kappa shape index (κ2) is 4.88. The van der Waals surface area contributed by atoms with Crippen LogP contribution in [0.25, 0.3) is 0 Å². The first-order valence-electron chi connectivity index (χ1n) is 3.80. The summed E-state index contributed by atoms with van der Waals surface area (Å²) >= 11 is 5.57. The second-order valence-electron chi connectivity index (χ2n) is 2.06. The maximum absolute atomic E-state index is 9.01. The zero-order valence-corrected chi connectivity index (χ0v) is 8.18. The molecule has 2 N–H and O–H groups in total. The number of rotatable bonds is 0. The van der Waals surface area contributed by atoms with Crippen LogP contribution in [0.15, 0.2) is 12.1 Å². The molecule has 0 aliphatic rings. The van der Waals surface area contributed by atoms with Gasteiger partial charge in [0.15, 0.2) is 11.5 Å². The van der Waals surface area contributed by atoms with Crippen molar-refractivity contribution in [2.45, 2.75) is 20.8 Å². The molecule has 1 aromatic rings. The van der Waals surface area contributed by atoms with E-state index in [2.05, 4.69) is 0 Å². The smallest absolute Gasteiger partial charge is 0.176 e. The third-order valence-corrected chi connectivity index (χ3v) is 1.77. The average molecular weight is 189 g/mol. The molecule has 0 aliphatic carbocycles. The summed E-state index contributed by atoms with van der Waals surface area (Å²) in [6.07, 6.45) is 0. The van der Waals surface area contributed by atoms with Crippen molar-refractivity contribution in [3.05, 3.63) is 22.7 Å². The van der Waals surface area contributed by atoms with Gasteiger partial charge in [0.25, 0.3) is 0 Å². The van der Waals surface area contributed by atoms with E-state index in [0.29, 0.717) is 0 Å². The minimum absolute atomic E-state index is 0.185.